The molecule has 4 rings (SSSR count). The highest BCUT2D eigenvalue weighted by Gasteiger charge is 2.26. The first kappa shape index (κ1) is 16.0. The predicted molar refractivity (Wildman–Crippen MR) is 92.8 cm³/mol. The summed E-state index contributed by atoms with van der Waals surface area (Å²) in [4.78, 5) is 1.52. The molecule has 1 N–H and O–H groups in total. The van der Waals surface area contributed by atoms with E-state index in [0.29, 0.717) is 23.6 Å². The Balaban J connectivity index is 1.61. The van der Waals surface area contributed by atoms with Gasteiger partial charge in [-0.15, -0.1) is 10.2 Å². The van der Waals surface area contributed by atoms with Crippen LogP contribution in [-0.2, 0) is 6.54 Å². The lowest BCUT2D eigenvalue weighted by molar-refractivity contribution is -0.943. The summed E-state index contributed by atoms with van der Waals surface area (Å²) in [6.07, 6.45) is 3.85. The van der Waals surface area contributed by atoms with Crippen molar-refractivity contribution in [3.8, 4) is 22.7 Å². The normalized spacial score (nSPS) is 20.7. The lowest BCUT2D eigenvalue weighted by atomic mass is 10.0. The summed E-state index contributed by atoms with van der Waals surface area (Å²) >= 11 is 0. The summed E-state index contributed by atoms with van der Waals surface area (Å²) in [6, 6.07) is 10.6. The molecule has 0 spiro atoms. The monoisotopic (exact) mass is 339 g/mol. The fraction of sp³-hybridized carbons (Fsp3) is 0.421. The van der Waals surface area contributed by atoms with Crippen molar-refractivity contribution in [2.45, 2.75) is 45.7 Å². The standard InChI is InChI=1S/C19H22N4O2/c1-13-8-6-7-11-23(13)12-16-20-21-19(24-16)17-14(2)25-22-18(17)15-9-4-3-5-10-15/h3-5,9-10,13H,6-8,11-12H2,1-2H3/p+1/t13-/m0/s1. The van der Waals surface area contributed by atoms with Gasteiger partial charge in [-0.25, -0.2) is 0 Å². The number of aryl methyl sites for hydroxylation is 1. The van der Waals surface area contributed by atoms with Crippen LogP contribution in [0.5, 0.6) is 0 Å². The Labute approximate surface area is 146 Å². The molecule has 6 heteroatoms. The third-order valence-electron chi connectivity index (χ3n) is 5.05. The number of piperidine rings is 1. The molecule has 1 unspecified atom stereocenters. The number of nitrogens with one attached hydrogen (secondary N) is 1. The highest BCUT2D eigenvalue weighted by atomic mass is 16.5. The first-order valence-corrected chi connectivity index (χ1v) is 8.91. The summed E-state index contributed by atoms with van der Waals surface area (Å²) < 4.78 is 11.4. The van der Waals surface area contributed by atoms with Crippen LogP contribution < -0.4 is 4.90 Å². The number of rotatable bonds is 4. The molecule has 0 saturated carbocycles. The number of likely N-dealkylation sites (tertiary alicyclic amines) is 1. The van der Waals surface area contributed by atoms with E-state index in [2.05, 4.69) is 22.3 Å². The minimum absolute atomic E-state index is 0.483. The SMILES string of the molecule is Cc1onc(-c2ccccc2)c1-c1nnc(C[NH+]2CCCC[C@@H]2C)o1. The van der Waals surface area contributed by atoms with Gasteiger partial charge in [-0.2, -0.15) is 0 Å². The maximum Gasteiger partial charge on any atom is 0.271 e. The molecule has 1 aliphatic heterocycles. The lowest BCUT2D eigenvalue weighted by Gasteiger charge is -2.28. The van der Waals surface area contributed by atoms with Crippen LogP contribution in [0.1, 0.15) is 37.8 Å². The van der Waals surface area contributed by atoms with E-state index in [-0.39, 0.29) is 0 Å². The van der Waals surface area contributed by atoms with Crippen molar-refractivity contribution in [2.75, 3.05) is 6.54 Å². The van der Waals surface area contributed by atoms with Crippen molar-refractivity contribution in [1.82, 2.24) is 15.4 Å². The molecule has 2 atom stereocenters. The first-order valence-electron chi connectivity index (χ1n) is 8.91. The lowest BCUT2D eigenvalue weighted by Crippen LogP contribution is -3.14. The van der Waals surface area contributed by atoms with Crippen molar-refractivity contribution in [2.24, 2.45) is 0 Å². The molecular formula is C19H23N4O2+. The van der Waals surface area contributed by atoms with Crippen LogP contribution in [0, 0.1) is 6.92 Å². The maximum absolute atomic E-state index is 5.98. The van der Waals surface area contributed by atoms with E-state index >= 15 is 0 Å². The second-order valence-corrected chi connectivity index (χ2v) is 6.81. The van der Waals surface area contributed by atoms with Gasteiger partial charge in [0.2, 0.25) is 0 Å². The van der Waals surface area contributed by atoms with Crippen LogP contribution in [0.2, 0.25) is 0 Å². The summed E-state index contributed by atoms with van der Waals surface area (Å²) in [7, 11) is 0. The van der Waals surface area contributed by atoms with E-state index in [9.17, 15) is 0 Å². The van der Waals surface area contributed by atoms with E-state index in [4.69, 9.17) is 8.94 Å². The van der Waals surface area contributed by atoms with Crippen LogP contribution in [0.25, 0.3) is 22.7 Å². The van der Waals surface area contributed by atoms with Crippen LogP contribution in [0.15, 0.2) is 39.3 Å². The van der Waals surface area contributed by atoms with Crippen molar-refractivity contribution in [3.05, 3.63) is 42.0 Å². The zero-order valence-electron chi connectivity index (χ0n) is 14.7. The summed E-state index contributed by atoms with van der Waals surface area (Å²) in [5.41, 5.74) is 2.50. The Morgan fingerprint density at radius 1 is 1.16 bits per heavy atom. The molecule has 6 nitrogen and oxygen atoms in total. The van der Waals surface area contributed by atoms with E-state index in [1.807, 2.05) is 37.3 Å². The Hall–Kier alpha value is -2.47. The maximum atomic E-state index is 5.98. The third-order valence-corrected chi connectivity index (χ3v) is 5.05. The van der Waals surface area contributed by atoms with Crippen LogP contribution in [0.3, 0.4) is 0 Å². The molecule has 1 aliphatic rings. The van der Waals surface area contributed by atoms with Gasteiger partial charge < -0.3 is 13.8 Å². The Bertz CT molecular complexity index is 840. The molecule has 0 bridgehead atoms. The molecule has 2 aromatic heterocycles. The van der Waals surface area contributed by atoms with Gasteiger partial charge in [0, 0.05) is 5.56 Å². The van der Waals surface area contributed by atoms with E-state index in [1.54, 1.807) is 0 Å². The van der Waals surface area contributed by atoms with E-state index in [0.717, 1.165) is 23.4 Å². The van der Waals surface area contributed by atoms with Gasteiger partial charge in [0.1, 0.15) is 17.0 Å². The Morgan fingerprint density at radius 3 is 2.80 bits per heavy atom. The molecule has 3 aromatic rings. The summed E-state index contributed by atoms with van der Waals surface area (Å²) in [6.45, 7) is 6.11. The molecule has 1 fully saturated rings. The van der Waals surface area contributed by atoms with Gasteiger partial charge in [-0.1, -0.05) is 35.5 Å². The quantitative estimate of drug-likeness (QED) is 0.791. The minimum Gasteiger partial charge on any atom is -0.415 e. The van der Waals surface area contributed by atoms with Gasteiger partial charge in [0.05, 0.1) is 12.6 Å². The van der Waals surface area contributed by atoms with Crippen LogP contribution in [0.4, 0.5) is 0 Å². The molecule has 1 saturated heterocycles. The number of aromatic nitrogens is 3. The van der Waals surface area contributed by atoms with Crippen molar-refractivity contribution >= 4 is 0 Å². The van der Waals surface area contributed by atoms with Gasteiger partial charge >= 0.3 is 0 Å². The van der Waals surface area contributed by atoms with Gasteiger partial charge in [-0.05, 0) is 33.1 Å². The molecular weight excluding hydrogens is 316 g/mol. The zero-order valence-corrected chi connectivity index (χ0v) is 14.7. The first-order chi connectivity index (χ1) is 12.2. The average Bonchev–Trinajstić information content (AvgIpc) is 3.24. The van der Waals surface area contributed by atoms with E-state index < -0.39 is 0 Å². The largest absolute Gasteiger partial charge is 0.415 e. The number of hydrogen-bond acceptors (Lipinski definition) is 5. The average molecular weight is 339 g/mol. The van der Waals surface area contributed by atoms with Crippen molar-refractivity contribution in [1.29, 1.82) is 0 Å². The molecule has 0 aliphatic carbocycles. The van der Waals surface area contributed by atoms with E-state index in [1.165, 1.54) is 30.7 Å². The number of benzene rings is 1. The van der Waals surface area contributed by atoms with Gasteiger partial charge in [0.15, 0.2) is 6.54 Å². The number of quaternary nitrogens is 1. The van der Waals surface area contributed by atoms with Crippen LogP contribution in [-0.4, -0.2) is 27.9 Å². The van der Waals surface area contributed by atoms with Gasteiger partial charge in [-0.3, -0.25) is 0 Å². The molecule has 0 amide bonds. The fourth-order valence-corrected chi connectivity index (χ4v) is 3.55. The van der Waals surface area contributed by atoms with Gasteiger partial charge in [0.25, 0.3) is 11.8 Å². The second-order valence-electron chi connectivity index (χ2n) is 6.81. The molecule has 130 valence electrons. The predicted octanol–water partition coefficient (Wildman–Crippen LogP) is 2.66. The summed E-state index contributed by atoms with van der Waals surface area (Å²) in [5, 5.41) is 12.7. The van der Waals surface area contributed by atoms with Crippen molar-refractivity contribution < 1.29 is 13.8 Å². The molecule has 0 radical (unpaired) electrons. The molecule has 1 aromatic carbocycles. The minimum atomic E-state index is 0.483. The Morgan fingerprint density at radius 2 is 2.00 bits per heavy atom. The highest BCUT2D eigenvalue weighted by molar-refractivity contribution is 5.77. The third kappa shape index (κ3) is 3.22. The summed E-state index contributed by atoms with van der Waals surface area (Å²) in [5.74, 6) is 1.85. The zero-order chi connectivity index (χ0) is 17.2. The number of nitrogens with zero attached hydrogens (tertiary/aromatic N) is 3. The highest BCUT2D eigenvalue weighted by Crippen LogP contribution is 2.33. The topological polar surface area (TPSA) is 69.4 Å². The molecule has 3 heterocycles. The van der Waals surface area contributed by atoms with Crippen molar-refractivity contribution in [3.63, 3.8) is 0 Å². The smallest absolute Gasteiger partial charge is 0.271 e. The van der Waals surface area contributed by atoms with Crippen LogP contribution >= 0.6 is 0 Å². The fourth-order valence-electron chi connectivity index (χ4n) is 3.55. The Kier molecular flexibility index (Phi) is 4.36. The second kappa shape index (κ2) is 6.80. The number of hydrogen-bond donors (Lipinski definition) is 1. The molecule has 25 heavy (non-hydrogen) atoms.